The van der Waals surface area contributed by atoms with Gasteiger partial charge < -0.3 is 24.6 Å². The van der Waals surface area contributed by atoms with Gasteiger partial charge in [0.2, 0.25) is 0 Å². The number of ether oxygens (including phenoxy) is 2. The Morgan fingerprint density at radius 3 is 1.65 bits per heavy atom. The summed E-state index contributed by atoms with van der Waals surface area (Å²) in [5.74, 6) is -0.422. The van der Waals surface area contributed by atoms with Crippen molar-refractivity contribution in [1.29, 1.82) is 0 Å². The Morgan fingerprint density at radius 1 is 0.627 bits per heavy atom. The SMILES string of the molecule is CC/C=C\C/C=C\C/C=C\C/C=C\CCCCC(=O)OC(COCCCCCCCCCCCCCCCCC)COP(=O)(O)OCC(O)CO. The fourth-order valence-electron chi connectivity index (χ4n) is 5.23. The van der Waals surface area contributed by atoms with Gasteiger partial charge in [-0.05, 0) is 51.4 Å². The van der Waals surface area contributed by atoms with Crippen LogP contribution in [0.3, 0.4) is 0 Å². The molecule has 0 aliphatic heterocycles. The van der Waals surface area contributed by atoms with E-state index in [4.69, 9.17) is 23.6 Å². The van der Waals surface area contributed by atoms with E-state index in [1.165, 1.54) is 77.0 Å². The molecule has 3 atom stereocenters. The summed E-state index contributed by atoms with van der Waals surface area (Å²) in [4.78, 5) is 22.5. The van der Waals surface area contributed by atoms with E-state index in [2.05, 4.69) is 62.5 Å². The summed E-state index contributed by atoms with van der Waals surface area (Å²) in [6.45, 7) is 3.35. The number of unbranched alkanes of at least 4 members (excludes halogenated alkanes) is 16. The van der Waals surface area contributed by atoms with Gasteiger partial charge >= 0.3 is 13.8 Å². The highest BCUT2D eigenvalue weighted by Crippen LogP contribution is 2.43. The topological polar surface area (TPSA) is 132 Å². The van der Waals surface area contributed by atoms with Gasteiger partial charge in [-0.25, -0.2) is 4.57 Å². The molecule has 0 saturated carbocycles. The molecule has 0 fully saturated rings. The second kappa shape index (κ2) is 38.2. The quantitative estimate of drug-likeness (QED) is 0.0245. The average Bonchev–Trinajstić information content (AvgIpc) is 3.12. The van der Waals surface area contributed by atoms with Crippen LogP contribution in [-0.2, 0) is 27.9 Å². The number of phosphoric ester groups is 1. The predicted octanol–water partition coefficient (Wildman–Crippen LogP) is 10.6. The summed E-state index contributed by atoms with van der Waals surface area (Å²) in [5, 5.41) is 18.3. The van der Waals surface area contributed by atoms with Crippen molar-refractivity contribution < 1.29 is 43.0 Å². The highest BCUT2D eigenvalue weighted by Gasteiger charge is 2.26. The number of hydrogen-bond acceptors (Lipinski definition) is 8. The van der Waals surface area contributed by atoms with Gasteiger partial charge in [-0.2, -0.15) is 0 Å². The molecule has 3 unspecified atom stereocenters. The fourth-order valence-corrected chi connectivity index (χ4v) is 6.02. The van der Waals surface area contributed by atoms with E-state index < -0.39 is 45.8 Å². The number of aliphatic hydroxyl groups excluding tert-OH is 2. The van der Waals surface area contributed by atoms with E-state index in [-0.39, 0.29) is 13.0 Å². The summed E-state index contributed by atoms with van der Waals surface area (Å²) < 4.78 is 33.2. The van der Waals surface area contributed by atoms with E-state index in [9.17, 15) is 19.4 Å². The van der Waals surface area contributed by atoms with Crippen LogP contribution in [0.5, 0.6) is 0 Å². The molecule has 298 valence electrons. The first kappa shape index (κ1) is 49.4. The molecule has 0 bridgehead atoms. The molecular formula is C41H75O9P. The molecule has 0 aromatic rings. The molecule has 51 heavy (non-hydrogen) atoms. The standard InChI is InChI=1S/C41H75O9P/c1-3-5-7-9-11-13-15-17-19-21-23-25-27-29-31-33-41(44)50-40(38-49-51(45,46)48-36-39(43)35-42)37-47-34-32-30-28-26-24-22-20-18-16-14-12-10-8-6-4-2/h5,7,11,13,17,19,23,25,39-40,42-43H,3-4,6,8-10,12,14-16,18,20-22,24,26-38H2,1-2H3,(H,45,46)/b7-5-,13-11-,19-17-,25-23-. The second-order valence-electron chi connectivity index (χ2n) is 13.3. The minimum atomic E-state index is -4.52. The zero-order valence-corrected chi connectivity index (χ0v) is 33.2. The van der Waals surface area contributed by atoms with Gasteiger partial charge in [0.05, 0.1) is 26.4 Å². The van der Waals surface area contributed by atoms with Crippen molar-refractivity contribution in [2.24, 2.45) is 0 Å². The predicted molar refractivity (Wildman–Crippen MR) is 210 cm³/mol. The van der Waals surface area contributed by atoms with E-state index in [1.807, 2.05) is 0 Å². The molecule has 0 saturated heterocycles. The van der Waals surface area contributed by atoms with Crippen LogP contribution in [0, 0.1) is 0 Å². The van der Waals surface area contributed by atoms with Gasteiger partial charge in [-0.15, -0.1) is 0 Å². The van der Waals surface area contributed by atoms with Gasteiger partial charge in [-0.3, -0.25) is 13.8 Å². The molecule has 3 N–H and O–H groups in total. The van der Waals surface area contributed by atoms with Crippen LogP contribution in [0.4, 0.5) is 0 Å². The molecule has 0 radical (unpaired) electrons. The van der Waals surface area contributed by atoms with Crippen LogP contribution in [0.1, 0.15) is 162 Å². The minimum Gasteiger partial charge on any atom is -0.457 e. The van der Waals surface area contributed by atoms with Crippen LogP contribution >= 0.6 is 7.82 Å². The summed E-state index contributed by atoms with van der Waals surface area (Å²) >= 11 is 0. The third-order valence-electron chi connectivity index (χ3n) is 8.28. The minimum absolute atomic E-state index is 0.0333. The van der Waals surface area contributed by atoms with Crippen molar-refractivity contribution >= 4 is 13.8 Å². The number of hydrogen-bond donors (Lipinski definition) is 3. The normalized spacial score (nSPS) is 14.7. The summed E-state index contributed by atoms with van der Waals surface area (Å²) in [6.07, 6.45) is 40.7. The number of rotatable bonds is 38. The number of allylic oxidation sites excluding steroid dienone is 8. The molecule has 0 aliphatic carbocycles. The lowest BCUT2D eigenvalue weighted by Crippen LogP contribution is -2.29. The average molecular weight is 743 g/mol. The van der Waals surface area contributed by atoms with Crippen LogP contribution < -0.4 is 0 Å². The lowest BCUT2D eigenvalue weighted by atomic mass is 10.0. The Balaban J connectivity index is 4.28. The molecule has 0 heterocycles. The van der Waals surface area contributed by atoms with Crippen molar-refractivity contribution in [2.75, 3.05) is 33.0 Å². The maximum Gasteiger partial charge on any atom is 0.472 e. The van der Waals surface area contributed by atoms with Gasteiger partial charge in [0.25, 0.3) is 0 Å². The highest BCUT2D eigenvalue weighted by atomic mass is 31.2. The Kier molecular flexibility index (Phi) is 37.0. The fraction of sp³-hybridized carbons (Fsp3) is 0.780. The lowest BCUT2D eigenvalue weighted by molar-refractivity contribution is -0.154. The van der Waals surface area contributed by atoms with Crippen molar-refractivity contribution in [3.63, 3.8) is 0 Å². The summed E-state index contributed by atoms with van der Waals surface area (Å²) in [7, 11) is -4.52. The van der Waals surface area contributed by atoms with Gasteiger partial charge in [-0.1, -0.05) is 152 Å². The van der Waals surface area contributed by atoms with Crippen LogP contribution in [0.2, 0.25) is 0 Å². The molecule has 9 nitrogen and oxygen atoms in total. The van der Waals surface area contributed by atoms with Crippen LogP contribution in [0.15, 0.2) is 48.6 Å². The second-order valence-corrected chi connectivity index (χ2v) is 14.7. The van der Waals surface area contributed by atoms with Crippen molar-refractivity contribution in [1.82, 2.24) is 0 Å². The Morgan fingerprint density at radius 2 is 1.12 bits per heavy atom. The van der Waals surface area contributed by atoms with Gasteiger partial charge in [0.1, 0.15) is 12.2 Å². The first-order chi connectivity index (χ1) is 24.8. The van der Waals surface area contributed by atoms with Gasteiger partial charge in [0.15, 0.2) is 0 Å². The summed E-state index contributed by atoms with van der Waals surface area (Å²) in [5.41, 5.74) is 0. The van der Waals surface area contributed by atoms with Crippen molar-refractivity contribution in [3.05, 3.63) is 48.6 Å². The number of carbonyl (C=O) groups excluding carboxylic acids is 1. The van der Waals surface area contributed by atoms with E-state index >= 15 is 0 Å². The third-order valence-corrected chi connectivity index (χ3v) is 9.23. The zero-order chi connectivity index (χ0) is 37.5. The Labute approximate surface area is 311 Å². The first-order valence-corrected chi connectivity index (χ1v) is 21.6. The Hall–Kier alpha value is -1.58. The van der Waals surface area contributed by atoms with E-state index in [1.54, 1.807) is 0 Å². The smallest absolute Gasteiger partial charge is 0.457 e. The highest BCUT2D eigenvalue weighted by molar-refractivity contribution is 7.47. The number of aliphatic hydroxyl groups is 2. The number of carbonyl (C=O) groups is 1. The molecule has 0 aromatic heterocycles. The molecule has 0 rings (SSSR count). The molecule has 10 heteroatoms. The molecule has 0 aromatic carbocycles. The van der Waals surface area contributed by atoms with Crippen LogP contribution in [-0.4, -0.2) is 66.3 Å². The Bertz CT molecular complexity index is 934. The molecule has 0 aliphatic rings. The van der Waals surface area contributed by atoms with E-state index in [0.29, 0.717) is 13.0 Å². The van der Waals surface area contributed by atoms with Crippen molar-refractivity contribution in [3.8, 4) is 0 Å². The van der Waals surface area contributed by atoms with E-state index in [0.717, 1.165) is 57.8 Å². The summed E-state index contributed by atoms with van der Waals surface area (Å²) in [6, 6.07) is 0. The zero-order valence-electron chi connectivity index (χ0n) is 32.3. The molecular weight excluding hydrogens is 667 g/mol. The monoisotopic (exact) mass is 743 g/mol. The largest absolute Gasteiger partial charge is 0.472 e. The van der Waals surface area contributed by atoms with Crippen LogP contribution in [0.25, 0.3) is 0 Å². The van der Waals surface area contributed by atoms with Crippen molar-refractivity contribution in [2.45, 2.75) is 174 Å². The number of phosphoric acid groups is 1. The van der Waals surface area contributed by atoms with Gasteiger partial charge in [0, 0.05) is 13.0 Å². The third kappa shape index (κ3) is 38.0. The molecule has 0 spiro atoms. The maximum absolute atomic E-state index is 12.6. The number of esters is 1. The first-order valence-electron chi connectivity index (χ1n) is 20.1. The maximum atomic E-state index is 12.6. The molecule has 0 amide bonds. The lowest BCUT2D eigenvalue weighted by Gasteiger charge is -2.20.